The SMILES string of the molecule is O[B][B]O.[H-].[K+]. The van der Waals surface area contributed by atoms with Crippen molar-refractivity contribution in [3.05, 3.63) is 0 Å². The van der Waals surface area contributed by atoms with Gasteiger partial charge in [0, 0.05) is 0 Å². The molecule has 2 radical (unpaired) electrons. The molecular weight excluding hydrogens is 92.7 g/mol. The molecule has 0 saturated heterocycles. The Morgan fingerprint density at radius 1 is 1.20 bits per heavy atom. The van der Waals surface area contributed by atoms with Crippen LogP contribution in [0.3, 0.4) is 0 Å². The molecule has 0 atom stereocenters. The largest absolute Gasteiger partial charge is 1.00 e. The monoisotopic (exact) mass is 96.0 g/mol. The van der Waals surface area contributed by atoms with Gasteiger partial charge in [0.15, 0.2) is 0 Å². The molecule has 5 heteroatoms. The first kappa shape index (κ1) is 9.84. The van der Waals surface area contributed by atoms with Crippen LogP contribution in [0.2, 0.25) is 0 Å². The van der Waals surface area contributed by atoms with Crippen molar-refractivity contribution < 1.29 is 62.9 Å². The maximum atomic E-state index is 7.44. The second-order valence-corrected chi connectivity index (χ2v) is 0.298. The third-order valence-electron chi connectivity index (χ3n) is 0.0667. The fraction of sp³-hybridized carbons (Fsp3) is 0. The van der Waals surface area contributed by atoms with Gasteiger partial charge in [-0.15, -0.1) is 0 Å². The van der Waals surface area contributed by atoms with E-state index < -0.39 is 0 Å². The van der Waals surface area contributed by atoms with E-state index in [4.69, 9.17) is 10.0 Å². The molecule has 0 rings (SSSR count). The van der Waals surface area contributed by atoms with E-state index in [0.29, 0.717) is 14.7 Å². The van der Waals surface area contributed by atoms with Gasteiger partial charge in [0.2, 0.25) is 0 Å². The van der Waals surface area contributed by atoms with Crippen molar-refractivity contribution in [3.63, 3.8) is 0 Å². The molecule has 0 bridgehead atoms. The zero-order valence-electron chi connectivity index (χ0n) is 4.05. The average Bonchev–Trinajstić information content (AvgIpc) is 1.37. The Kier molecular flexibility index (Phi) is 18.1. The van der Waals surface area contributed by atoms with Crippen molar-refractivity contribution in [2.45, 2.75) is 0 Å². The maximum Gasteiger partial charge on any atom is 1.00 e. The van der Waals surface area contributed by atoms with Crippen molar-refractivity contribution in [2.75, 3.05) is 0 Å². The topological polar surface area (TPSA) is 40.5 Å². The first-order valence-electron chi connectivity index (χ1n) is 0.850. The maximum absolute atomic E-state index is 7.44. The van der Waals surface area contributed by atoms with E-state index in [0.717, 1.165) is 0 Å². The number of hydrogen-bond donors (Lipinski definition) is 2. The van der Waals surface area contributed by atoms with Crippen LogP contribution in [0.25, 0.3) is 0 Å². The molecule has 5 heavy (non-hydrogen) atoms. The van der Waals surface area contributed by atoms with E-state index >= 15 is 0 Å². The predicted octanol–water partition coefficient (Wildman–Crippen LogP) is -4.76. The van der Waals surface area contributed by atoms with Gasteiger partial charge >= 0.3 is 51.4 Å². The van der Waals surface area contributed by atoms with Crippen LogP contribution in [0.5, 0.6) is 0 Å². The third kappa shape index (κ3) is 10.7. The van der Waals surface area contributed by atoms with Crippen LogP contribution in [-0.4, -0.2) is 24.8 Å². The van der Waals surface area contributed by atoms with Gasteiger partial charge in [0.25, 0.3) is 14.7 Å². The van der Waals surface area contributed by atoms with E-state index in [1.54, 1.807) is 0 Å². The Balaban J connectivity index is -0.0000000450. The fourth-order valence-corrected chi connectivity index (χ4v) is 0. The minimum absolute atomic E-state index is 0. The fourth-order valence-electron chi connectivity index (χ4n) is 0. The van der Waals surface area contributed by atoms with Crippen LogP contribution < -0.4 is 51.4 Å². The molecule has 0 fully saturated rings. The third-order valence-corrected chi connectivity index (χ3v) is 0.0667. The summed E-state index contributed by atoms with van der Waals surface area (Å²) < 4.78 is 0. The Morgan fingerprint density at radius 2 is 1.40 bits per heavy atom. The molecule has 0 aromatic heterocycles. The standard InChI is InChI=1S/B2H2O2.K.H/c3-1-2-4;;/h3-4H;;/q;+1;-1. The van der Waals surface area contributed by atoms with E-state index in [1.807, 2.05) is 0 Å². The summed E-state index contributed by atoms with van der Waals surface area (Å²) in [6, 6.07) is 0. The van der Waals surface area contributed by atoms with Crippen LogP contribution in [-0.2, 0) is 0 Å². The van der Waals surface area contributed by atoms with Crippen LogP contribution in [0.4, 0.5) is 0 Å². The second kappa shape index (κ2) is 9.19. The minimum atomic E-state index is 0. The molecule has 0 unspecified atom stereocenters. The molecule has 0 aliphatic carbocycles. The molecule has 0 aliphatic heterocycles. The molecule has 22 valence electrons. The second-order valence-electron chi connectivity index (χ2n) is 0.298. The average molecular weight is 95.7 g/mol. The molecule has 0 aromatic rings. The van der Waals surface area contributed by atoms with Crippen molar-refractivity contribution in [1.29, 1.82) is 0 Å². The number of rotatable bonds is 1. The van der Waals surface area contributed by atoms with Gasteiger partial charge < -0.3 is 11.5 Å². The van der Waals surface area contributed by atoms with Gasteiger partial charge in [0.05, 0.1) is 0 Å². The first-order chi connectivity index (χ1) is 1.91. The van der Waals surface area contributed by atoms with Gasteiger partial charge in [-0.3, -0.25) is 0 Å². The molecule has 0 aromatic carbocycles. The Morgan fingerprint density at radius 3 is 1.40 bits per heavy atom. The van der Waals surface area contributed by atoms with Crippen molar-refractivity contribution in [3.8, 4) is 0 Å². The van der Waals surface area contributed by atoms with E-state index in [-0.39, 0.29) is 52.8 Å². The van der Waals surface area contributed by atoms with Crippen molar-refractivity contribution >= 4 is 14.7 Å². The molecule has 0 aliphatic rings. The molecule has 2 N–H and O–H groups in total. The molecular formula is H3B2KO2. The van der Waals surface area contributed by atoms with Gasteiger partial charge in [0.1, 0.15) is 0 Å². The molecule has 0 saturated carbocycles. The van der Waals surface area contributed by atoms with E-state index in [9.17, 15) is 0 Å². The summed E-state index contributed by atoms with van der Waals surface area (Å²) in [5.74, 6) is 0. The Labute approximate surface area is 76.4 Å². The summed E-state index contributed by atoms with van der Waals surface area (Å²) >= 11 is 0. The first-order valence-corrected chi connectivity index (χ1v) is 0.850. The summed E-state index contributed by atoms with van der Waals surface area (Å²) in [5.41, 5.74) is 0. The Bertz CT molecular complexity index is 13.5. The van der Waals surface area contributed by atoms with Crippen LogP contribution in [0.15, 0.2) is 0 Å². The van der Waals surface area contributed by atoms with Crippen LogP contribution in [0, 0.1) is 0 Å². The van der Waals surface area contributed by atoms with Crippen LogP contribution in [0.1, 0.15) is 1.43 Å². The molecule has 2 nitrogen and oxygen atoms in total. The van der Waals surface area contributed by atoms with Gasteiger partial charge in [-0.25, -0.2) is 0 Å². The minimum Gasteiger partial charge on any atom is -1.00 e. The molecule has 0 amide bonds. The summed E-state index contributed by atoms with van der Waals surface area (Å²) in [6.07, 6.45) is 0. The van der Waals surface area contributed by atoms with Gasteiger partial charge in [-0.1, -0.05) is 0 Å². The summed E-state index contributed by atoms with van der Waals surface area (Å²) in [5, 5.41) is 14.9. The molecule has 0 spiro atoms. The van der Waals surface area contributed by atoms with Crippen molar-refractivity contribution in [2.24, 2.45) is 0 Å². The Hall–Kier alpha value is 1.69. The van der Waals surface area contributed by atoms with Crippen LogP contribution >= 0.6 is 0 Å². The van der Waals surface area contributed by atoms with Crippen molar-refractivity contribution in [1.82, 2.24) is 0 Å². The normalized spacial score (nSPS) is 4.40. The predicted molar refractivity (Wildman–Crippen MR) is 17.1 cm³/mol. The summed E-state index contributed by atoms with van der Waals surface area (Å²) in [4.78, 5) is 0. The van der Waals surface area contributed by atoms with E-state index in [1.165, 1.54) is 0 Å². The smallest absolute Gasteiger partial charge is 1.00 e. The zero-order valence-corrected chi connectivity index (χ0v) is 6.17. The van der Waals surface area contributed by atoms with Gasteiger partial charge in [-0.05, 0) is 0 Å². The van der Waals surface area contributed by atoms with E-state index in [2.05, 4.69) is 0 Å². The zero-order chi connectivity index (χ0) is 3.41. The van der Waals surface area contributed by atoms with Gasteiger partial charge in [-0.2, -0.15) is 0 Å². The molecule has 0 heterocycles. The quantitative estimate of drug-likeness (QED) is 0.321. The summed E-state index contributed by atoms with van der Waals surface area (Å²) in [6.45, 7) is 0. The summed E-state index contributed by atoms with van der Waals surface area (Å²) in [7, 11) is 1.11. The number of hydrogen-bond acceptors (Lipinski definition) is 2.